The standard InChI is InChI=1S/C15H18BrN3O/c1-9(2)19-8-12(16)7-13(19)15(20)18-14-6-10(3)5-11(4)17-14/h5-9H,1-4H3,(H,17,18,20). The van der Waals surface area contributed by atoms with Gasteiger partial charge in [0.15, 0.2) is 0 Å². The van der Waals surface area contributed by atoms with E-state index in [-0.39, 0.29) is 11.9 Å². The van der Waals surface area contributed by atoms with E-state index >= 15 is 0 Å². The van der Waals surface area contributed by atoms with Crippen molar-refractivity contribution in [2.45, 2.75) is 33.7 Å². The minimum atomic E-state index is -0.151. The molecule has 2 heterocycles. The number of aromatic nitrogens is 2. The summed E-state index contributed by atoms with van der Waals surface area (Å²) in [4.78, 5) is 16.7. The number of nitrogens with zero attached hydrogens (tertiary/aromatic N) is 2. The molecular weight excluding hydrogens is 318 g/mol. The van der Waals surface area contributed by atoms with Crippen molar-refractivity contribution in [3.05, 3.63) is 45.8 Å². The van der Waals surface area contributed by atoms with Crippen molar-refractivity contribution in [2.24, 2.45) is 0 Å². The molecule has 0 saturated heterocycles. The quantitative estimate of drug-likeness (QED) is 0.917. The van der Waals surface area contributed by atoms with Crippen LogP contribution in [-0.4, -0.2) is 15.5 Å². The van der Waals surface area contributed by atoms with Crippen LogP contribution in [-0.2, 0) is 0 Å². The summed E-state index contributed by atoms with van der Waals surface area (Å²) >= 11 is 3.41. The Balaban J connectivity index is 2.28. The smallest absolute Gasteiger partial charge is 0.273 e. The zero-order chi connectivity index (χ0) is 14.9. The van der Waals surface area contributed by atoms with Gasteiger partial charge in [-0.15, -0.1) is 0 Å². The Bertz CT molecular complexity index is 626. The SMILES string of the molecule is Cc1cc(C)nc(NC(=O)c2cc(Br)cn2C(C)C)c1. The van der Waals surface area contributed by atoms with Crippen LogP contribution in [0.4, 0.5) is 5.82 Å². The van der Waals surface area contributed by atoms with Crippen LogP contribution in [0.3, 0.4) is 0 Å². The molecule has 2 rings (SSSR count). The van der Waals surface area contributed by atoms with E-state index in [4.69, 9.17) is 0 Å². The number of hydrogen-bond acceptors (Lipinski definition) is 2. The maximum absolute atomic E-state index is 12.4. The van der Waals surface area contributed by atoms with Crippen molar-refractivity contribution in [3.8, 4) is 0 Å². The minimum absolute atomic E-state index is 0.151. The van der Waals surface area contributed by atoms with E-state index < -0.39 is 0 Å². The molecule has 2 aromatic heterocycles. The number of anilines is 1. The lowest BCUT2D eigenvalue weighted by molar-refractivity contribution is 0.101. The molecule has 5 heteroatoms. The van der Waals surface area contributed by atoms with E-state index in [1.807, 2.05) is 56.7 Å². The predicted molar refractivity (Wildman–Crippen MR) is 84.2 cm³/mol. The van der Waals surface area contributed by atoms with E-state index in [0.717, 1.165) is 15.7 Å². The molecule has 4 nitrogen and oxygen atoms in total. The van der Waals surface area contributed by atoms with Crippen LogP contribution in [0.15, 0.2) is 28.9 Å². The Morgan fingerprint density at radius 3 is 2.60 bits per heavy atom. The van der Waals surface area contributed by atoms with Gasteiger partial charge in [-0.05, 0) is 67.4 Å². The van der Waals surface area contributed by atoms with E-state index in [0.29, 0.717) is 11.5 Å². The Labute approximate surface area is 127 Å². The third kappa shape index (κ3) is 3.28. The molecule has 0 fully saturated rings. The van der Waals surface area contributed by atoms with Gasteiger partial charge in [0.05, 0.1) is 0 Å². The van der Waals surface area contributed by atoms with Crippen molar-refractivity contribution in [3.63, 3.8) is 0 Å². The molecule has 1 amide bonds. The summed E-state index contributed by atoms with van der Waals surface area (Å²) in [7, 11) is 0. The molecule has 106 valence electrons. The summed E-state index contributed by atoms with van der Waals surface area (Å²) < 4.78 is 2.83. The van der Waals surface area contributed by atoms with Gasteiger partial charge in [0.1, 0.15) is 11.5 Å². The number of pyridine rings is 1. The Kier molecular flexibility index (Phi) is 4.28. The first-order valence-electron chi connectivity index (χ1n) is 6.51. The number of rotatable bonds is 3. The van der Waals surface area contributed by atoms with Gasteiger partial charge in [0, 0.05) is 22.4 Å². The molecule has 0 aromatic carbocycles. The Morgan fingerprint density at radius 1 is 1.30 bits per heavy atom. The van der Waals surface area contributed by atoms with Crippen LogP contribution in [0.1, 0.15) is 41.6 Å². The molecule has 0 aliphatic rings. The normalized spacial score (nSPS) is 10.9. The zero-order valence-corrected chi connectivity index (χ0v) is 13.7. The lowest BCUT2D eigenvalue weighted by Gasteiger charge is -2.12. The highest BCUT2D eigenvalue weighted by Crippen LogP contribution is 2.20. The number of hydrogen-bond donors (Lipinski definition) is 1. The van der Waals surface area contributed by atoms with Crippen molar-refractivity contribution >= 4 is 27.7 Å². The third-order valence-electron chi connectivity index (χ3n) is 2.94. The van der Waals surface area contributed by atoms with Gasteiger partial charge < -0.3 is 9.88 Å². The second kappa shape index (κ2) is 5.79. The van der Waals surface area contributed by atoms with Gasteiger partial charge in [0.2, 0.25) is 0 Å². The van der Waals surface area contributed by atoms with Gasteiger partial charge in [0.25, 0.3) is 5.91 Å². The van der Waals surface area contributed by atoms with E-state index in [2.05, 4.69) is 26.2 Å². The Morgan fingerprint density at radius 2 is 2.00 bits per heavy atom. The van der Waals surface area contributed by atoms with Crippen LogP contribution < -0.4 is 5.32 Å². The minimum Gasteiger partial charge on any atom is -0.340 e. The summed E-state index contributed by atoms with van der Waals surface area (Å²) in [6, 6.07) is 5.87. The summed E-state index contributed by atoms with van der Waals surface area (Å²) in [5.74, 6) is 0.432. The highest BCUT2D eigenvalue weighted by molar-refractivity contribution is 9.10. The second-order valence-electron chi connectivity index (χ2n) is 5.17. The number of halogens is 1. The monoisotopic (exact) mass is 335 g/mol. The van der Waals surface area contributed by atoms with Crippen LogP contribution in [0.5, 0.6) is 0 Å². The van der Waals surface area contributed by atoms with Crippen molar-refractivity contribution < 1.29 is 4.79 Å². The fraction of sp³-hybridized carbons (Fsp3) is 0.333. The van der Waals surface area contributed by atoms with Gasteiger partial charge in [-0.1, -0.05) is 0 Å². The van der Waals surface area contributed by atoms with Crippen molar-refractivity contribution in [2.75, 3.05) is 5.32 Å². The van der Waals surface area contributed by atoms with Crippen LogP contribution in [0, 0.1) is 13.8 Å². The first-order valence-corrected chi connectivity index (χ1v) is 7.30. The summed E-state index contributed by atoms with van der Waals surface area (Å²) in [5.41, 5.74) is 2.58. The topological polar surface area (TPSA) is 46.9 Å². The molecule has 0 atom stereocenters. The number of amides is 1. The van der Waals surface area contributed by atoms with Crippen LogP contribution in [0.25, 0.3) is 0 Å². The molecule has 0 bridgehead atoms. The molecule has 20 heavy (non-hydrogen) atoms. The van der Waals surface area contributed by atoms with Crippen molar-refractivity contribution in [1.29, 1.82) is 0 Å². The molecule has 0 unspecified atom stereocenters. The van der Waals surface area contributed by atoms with Gasteiger partial charge in [-0.3, -0.25) is 4.79 Å². The first kappa shape index (κ1) is 14.8. The fourth-order valence-corrected chi connectivity index (χ4v) is 2.58. The largest absolute Gasteiger partial charge is 0.340 e. The molecule has 0 aliphatic carbocycles. The summed E-state index contributed by atoms with van der Waals surface area (Å²) in [6.07, 6.45) is 1.91. The number of carbonyl (C=O) groups is 1. The molecule has 2 aromatic rings. The fourth-order valence-electron chi connectivity index (χ4n) is 2.14. The third-order valence-corrected chi connectivity index (χ3v) is 3.38. The summed E-state index contributed by atoms with van der Waals surface area (Å²) in [6.45, 7) is 7.98. The van der Waals surface area contributed by atoms with Gasteiger partial charge in [-0.25, -0.2) is 4.98 Å². The van der Waals surface area contributed by atoms with Crippen molar-refractivity contribution in [1.82, 2.24) is 9.55 Å². The molecule has 0 radical (unpaired) electrons. The molecular formula is C15H18BrN3O. The lowest BCUT2D eigenvalue weighted by Crippen LogP contribution is -2.18. The highest BCUT2D eigenvalue weighted by atomic mass is 79.9. The molecule has 0 saturated carbocycles. The molecule has 1 N–H and O–H groups in total. The average molecular weight is 336 g/mol. The number of aryl methyl sites for hydroxylation is 2. The Hall–Kier alpha value is -1.62. The predicted octanol–water partition coefficient (Wildman–Crippen LogP) is 4.10. The van der Waals surface area contributed by atoms with E-state index in [1.54, 1.807) is 0 Å². The van der Waals surface area contributed by atoms with Gasteiger partial charge >= 0.3 is 0 Å². The second-order valence-corrected chi connectivity index (χ2v) is 6.09. The van der Waals surface area contributed by atoms with E-state index in [1.165, 1.54) is 0 Å². The molecule has 0 spiro atoms. The molecule has 0 aliphatic heterocycles. The average Bonchev–Trinajstić information content (AvgIpc) is 2.70. The summed E-state index contributed by atoms with van der Waals surface area (Å²) in [5, 5.41) is 2.86. The maximum atomic E-state index is 12.4. The van der Waals surface area contributed by atoms with Crippen LogP contribution in [0.2, 0.25) is 0 Å². The van der Waals surface area contributed by atoms with E-state index in [9.17, 15) is 4.79 Å². The first-order chi connectivity index (χ1) is 9.36. The van der Waals surface area contributed by atoms with Crippen LogP contribution >= 0.6 is 15.9 Å². The lowest BCUT2D eigenvalue weighted by atomic mass is 10.2. The van der Waals surface area contributed by atoms with Gasteiger partial charge in [-0.2, -0.15) is 0 Å². The number of nitrogens with one attached hydrogen (secondary N) is 1. The number of carbonyl (C=O) groups excluding carboxylic acids is 1. The highest BCUT2D eigenvalue weighted by Gasteiger charge is 2.15. The zero-order valence-electron chi connectivity index (χ0n) is 12.1. The maximum Gasteiger partial charge on any atom is 0.273 e.